The van der Waals surface area contributed by atoms with E-state index in [2.05, 4.69) is 0 Å². The Labute approximate surface area is 85.2 Å². The Morgan fingerprint density at radius 1 is 0.500 bits per heavy atom. The van der Waals surface area contributed by atoms with E-state index in [4.69, 9.17) is 0 Å². The predicted molar refractivity (Wildman–Crippen MR) is 25.7 cm³/mol. The van der Waals surface area contributed by atoms with Crippen molar-refractivity contribution in [3.8, 4) is 0 Å². The molecule has 0 bridgehead atoms. The van der Waals surface area contributed by atoms with Gasteiger partial charge < -0.3 is 0 Å². The molecule has 0 aromatic carbocycles. The van der Waals surface area contributed by atoms with Crippen LogP contribution in [0.2, 0.25) is 0 Å². The van der Waals surface area contributed by atoms with Crippen LogP contribution in [0.25, 0.3) is 0 Å². The summed E-state index contributed by atoms with van der Waals surface area (Å²) in [5, 5.41) is 0. The van der Waals surface area contributed by atoms with Gasteiger partial charge in [0.25, 0.3) is 0 Å². The van der Waals surface area contributed by atoms with Crippen molar-refractivity contribution in [3.63, 3.8) is 0 Å². The van der Waals surface area contributed by atoms with E-state index in [-0.39, 0.29) is 86.6 Å². The number of hydrogen-bond donors (Lipinski definition) is 0. The van der Waals surface area contributed by atoms with E-state index >= 15 is 0 Å². The van der Waals surface area contributed by atoms with E-state index in [0.717, 1.165) is 0 Å². The summed E-state index contributed by atoms with van der Waals surface area (Å²) in [6.45, 7) is 0. The topological polar surface area (TPSA) is 0 Å². The van der Waals surface area contributed by atoms with E-state index in [1.807, 2.05) is 0 Å². The Hall–Kier alpha value is 1.89. The summed E-state index contributed by atoms with van der Waals surface area (Å²) in [4.78, 5) is 0. The van der Waals surface area contributed by atoms with Gasteiger partial charge in [0.1, 0.15) is 0 Å². The molecule has 0 aromatic rings. The molecule has 0 rings (SSSR count). The molecule has 38 valence electrons. The molecule has 6 heteroatoms. The zero-order valence-electron chi connectivity index (χ0n) is 1.63. The normalized spacial score (nSPS) is 0. The van der Waals surface area contributed by atoms with Crippen molar-refractivity contribution in [2.75, 3.05) is 0 Å². The van der Waals surface area contributed by atoms with Crippen molar-refractivity contribution in [1.29, 1.82) is 0 Å². The van der Waals surface area contributed by atoms with Crippen LogP contribution in [0.5, 0.6) is 0 Å². The predicted octanol–water partition coefficient (Wildman–Crippen LogP) is -0.955. The molecule has 0 atom stereocenters. The first-order chi connectivity index (χ1) is 0. The van der Waals surface area contributed by atoms with Gasteiger partial charge in [0.15, 0.2) is 0 Å². The summed E-state index contributed by atoms with van der Waals surface area (Å²) in [6.07, 6.45) is 0. The minimum atomic E-state index is 0. The van der Waals surface area contributed by atoms with Gasteiger partial charge in [-0.2, -0.15) is 0 Å². The summed E-state index contributed by atoms with van der Waals surface area (Å²) in [7, 11) is 0. The van der Waals surface area contributed by atoms with Crippen LogP contribution < -0.4 is 0 Å². The van der Waals surface area contributed by atoms with Gasteiger partial charge in [-0.25, -0.2) is 0 Å². The Kier molecular flexibility index (Phi) is 1170. The van der Waals surface area contributed by atoms with Crippen LogP contribution in [0.3, 0.4) is 0 Å². The van der Waals surface area contributed by atoms with Crippen LogP contribution in [0.1, 0.15) is 0 Å². The second kappa shape index (κ2) is 67.0. The fraction of sp³-hybridized carbons (Fsp3) is 0. The minimum absolute atomic E-state index is 0. The molecule has 0 aliphatic heterocycles. The molecular formula is H7BaF4Li. The average molecular weight is 227 g/mol. The second-order valence-electron chi connectivity index (χ2n) is 0. The van der Waals surface area contributed by atoms with Crippen molar-refractivity contribution in [3.05, 3.63) is 0 Å². The van der Waals surface area contributed by atoms with Crippen LogP contribution in [0.4, 0.5) is 18.8 Å². The zero-order chi connectivity index (χ0) is 0. The number of rotatable bonds is 0. The van der Waals surface area contributed by atoms with E-state index in [0.29, 0.717) is 0 Å². The third-order valence-corrected chi connectivity index (χ3v) is 0. The summed E-state index contributed by atoms with van der Waals surface area (Å²) in [6, 6.07) is 0. The first-order valence-electron chi connectivity index (χ1n) is 0. The van der Waals surface area contributed by atoms with Gasteiger partial charge in [0.05, 0.1) is 0 Å². The van der Waals surface area contributed by atoms with Crippen LogP contribution >= 0.6 is 0 Å². The third-order valence-electron chi connectivity index (χ3n) is 0. The molecule has 0 aliphatic rings. The van der Waals surface area contributed by atoms with E-state index in [1.165, 1.54) is 0 Å². The molecule has 0 nitrogen and oxygen atoms in total. The first kappa shape index (κ1) is 105. The molecule has 0 unspecified atom stereocenters. The number of hydrogen-bond acceptors (Lipinski definition) is 0. The molecule has 0 aromatic heterocycles. The summed E-state index contributed by atoms with van der Waals surface area (Å²) >= 11 is 0. The zero-order valence-corrected chi connectivity index (χ0v) is 1.63. The fourth-order valence-electron chi connectivity index (χ4n) is 0. The van der Waals surface area contributed by atoms with Crippen molar-refractivity contribution < 1.29 is 18.8 Å². The monoisotopic (exact) mass is 228 g/mol. The molecule has 0 spiro atoms. The van der Waals surface area contributed by atoms with Gasteiger partial charge in [0.2, 0.25) is 0 Å². The second-order valence-corrected chi connectivity index (χ2v) is 0. The molecular weight excluding hydrogens is 220 g/mol. The molecule has 0 radical (unpaired) electrons. The standard InChI is InChI=1S/Ba.4FH.Li.3H/h;4*1H;;;;. The SMILES string of the molecule is F.F.F.F.[BaH2].[LiH]. The Bertz CT molecular complexity index is 7.51. The van der Waals surface area contributed by atoms with E-state index < -0.39 is 0 Å². The quantitative estimate of drug-likeness (QED) is 0.370. The molecule has 0 saturated heterocycles. The van der Waals surface area contributed by atoms with Crippen molar-refractivity contribution in [2.45, 2.75) is 0 Å². The van der Waals surface area contributed by atoms with E-state index in [9.17, 15) is 0 Å². The molecule has 0 heterocycles. The Morgan fingerprint density at radius 2 is 0.500 bits per heavy atom. The molecule has 0 N–H and O–H groups in total. The summed E-state index contributed by atoms with van der Waals surface area (Å²) < 4.78 is 0. The molecule has 0 saturated carbocycles. The fourth-order valence-corrected chi connectivity index (χ4v) is 0. The van der Waals surface area contributed by atoms with Gasteiger partial charge in [0, 0.05) is 0 Å². The van der Waals surface area contributed by atoms with E-state index in [1.54, 1.807) is 0 Å². The van der Waals surface area contributed by atoms with Gasteiger partial charge in [-0.15, -0.1) is 0 Å². The first-order valence-corrected chi connectivity index (χ1v) is 0. The van der Waals surface area contributed by atoms with Crippen molar-refractivity contribution in [2.24, 2.45) is 0 Å². The maximum absolute atomic E-state index is 0. The molecule has 0 fully saturated rings. The van der Waals surface area contributed by atoms with Gasteiger partial charge in [-0.05, 0) is 0 Å². The van der Waals surface area contributed by atoms with Crippen molar-refractivity contribution in [1.82, 2.24) is 0 Å². The molecule has 0 aliphatic carbocycles. The summed E-state index contributed by atoms with van der Waals surface area (Å²) in [5.74, 6) is 0. The number of halogens is 4. The van der Waals surface area contributed by atoms with Crippen LogP contribution in [-0.2, 0) is 0 Å². The van der Waals surface area contributed by atoms with Gasteiger partial charge in [-0.1, -0.05) is 0 Å². The molecule has 6 heavy (non-hydrogen) atoms. The van der Waals surface area contributed by atoms with Crippen LogP contribution in [0, 0.1) is 0 Å². The van der Waals surface area contributed by atoms with Gasteiger partial charge in [-0.3, -0.25) is 18.8 Å². The van der Waals surface area contributed by atoms with Gasteiger partial charge >= 0.3 is 67.7 Å². The summed E-state index contributed by atoms with van der Waals surface area (Å²) in [5.41, 5.74) is 0. The molecule has 0 amide bonds. The van der Waals surface area contributed by atoms with Crippen LogP contribution in [0.15, 0.2) is 0 Å². The maximum atomic E-state index is 0. The third kappa shape index (κ3) is 39.5. The Balaban J connectivity index is 0. The average Bonchev–Trinajstić information content (AvgIpc) is 0. The van der Waals surface area contributed by atoms with Crippen LogP contribution in [-0.4, -0.2) is 67.7 Å². The van der Waals surface area contributed by atoms with Crippen molar-refractivity contribution >= 4 is 67.7 Å². The Morgan fingerprint density at radius 3 is 0.500 bits per heavy atom.